The van der Waals surface area contributed by atoms with Crippen LogP contribution in [-0.4, -0.2) is 41.0 Å². The summed E-state index contributed by atoms with van der Waals surface area (Å²) in [6.45, 7) is 3.37. The number of carbonyl (C=O) groups is 1. The Kier molecular flexibility index (Phi) is 3.02. The second kappa shape index (κ2) is 4.68. The molecule has 4 nitrogen and oxygen atoms in total. The molecule has 0 aromatic carbocycles. The van der Waals surface area contributed by atoms with Gasteiger partial charge in [0.15, 0.2) is 0 Å². The monoisotopic (exact) mass is 305 g/mol. The Morgan fingerprint density at radius 3 is 2.57 bits per heavy atom. The molecule has 1 aliphatic heterocycles. The standard InChI is InChI=1S/C16H20ClN3O/c17-13-4-1-3-12(18-13)16(7-8-16)14(21)19-15(5-6-15)11-20-9-2-10-20/h1,3-4H,2,5-11H2,(H,19,21). The second-order valence-electron chi connectivity index (χ2n) is 6.79. The molecule has 0 unspecified atom stereocenters. The summed E-state index contributed by atoms with van der Waals surface area (Å²) in [5.74, 6) is 0.148. The lowest BCUT2D eigenvalue weighted by Crippen LogP contribution is -2.52. The lowest BCUT2D eigenvalue weighted by Gasteiger charge is -2.35. The molecule has 21 heavy (non-hydrogen) atoms. The van der Waals surface area contributed by atoms with Crippen LogP contribution < -0.4 is 5.32 Å². The Morgan fingerprint density at radius 1 is 1.29 bits per heavy atom. The molecule has 1 aromatic heterocycles. The van der Waals surface area contributed by atoms with Crippen molar-refractivity contribution in [3.8, 4) is 0 Å². The molecule has 112 valence electrons. The summed E-state index contributed by atoms with van der Waals surface area (Å²) in [6.07, 6.45) is 5.26. The van der Waals surface area contributed by atoms with Gasteiger partial charge in [0, 0.05) is 6.54 Å². The molecule has 1 amide bonds. The van der Waals surface area contributed by atoms with Gasteiger partial charge < -0.3 is 10.2 Å². The Bertz CT molecular complexity index is 577. The van der Waals surface area contributed by atoms with Gasteiger partial charge in [-0.2, -0.15) is 0 Å². The number of aromatic nitrogens is 1. The SMILES string of the molecule is O=C(NC1(CN2CCC2)CC1)C1(c2cccc(Cl)n2)CC1. The van der Waals surface area contributed by atoms with Crippen molar-refractivity contribution in [2.75, 3.05) is 19.6 Å². The van der Waals surface area contributed by atoms with Gasteiger partial charge in [0.1, 0.15) is 5.15 Å². The van der Waals surface area contributed by atoms with E-state index in [1.807, 2.05) is 12.1 Å². The van der Waals surface area contributed by atoms with Gasteiger partial charge in [0.05, 0.1) is 16.6 Å². The second-order valence-corrected chi connectivity index (χ2v) is 7.18. The average Bonchev–Trinajstić information content (AvgIpc) is 3.30. The first-order chi connectivity index (χ1) is 10.1. The fourth-order valence-corrected chi connectivity index (χ4v) is 3.36. The molecule has 0 bridgehead atoms. The molecule has 1 aromatic rings. The Morgan fingerprint density at radius 2 is 2.05 bits per heavy atom. The number of nitrogens with zero attached hydrogens (tertiary/aromatic N) is 2. The van der Waals surface area contributed by atoms with E-state index in [9.17, 15) is 4.79 Å². The first kappa shape index (κ1) is 13.5. The minimum absolute atomic E-state index is 0.0334. The maximum Gasteiger partial charge on any atom is 0.232 e. The summed E-state index contributed by atoms with van der Waals surface area (Å²) in [5.41, 5.74) is 0.438. The zero-order chi connectivity index (χ0) is 14.5. The first-order valence-electron chi connectivity index (χ1n) is 7.80. The van der Waals surface area contributed by atoms with E-state index in [4.69, 9.17) is 11.6 Å². The quantitative estimate of drug-likeness (QED) is 0.848. The van der Waals surface area contributed by atoms with Gasteiger partial charge in [-0.1, -0.05) is 17.7 Å². The van der Waals surface area contributed by atoms with E-state index in [1.165, 1.54) is 19.5 Å². The summed E-state index contributed by atoms with van der Waals surface area (Å²) in [6, 6.07) is 5.56. The van der Waals surface area contributed by atoms with Crippen LogP contribution in [0.25, 0.3) is 0 Å². The number of amides is 1. The fourth-order valence-electron chi connectivity index (χ4n) is 3.20. The normalized spacial score (nSPS) is 25.0. The van der Waals surface area contributed by atoms with Crippen LogP contribution in [0.3, 0.4) is 0 Å². The van der Waals surface area contributed by atoms with Crippen LogP contribution in [0.2, 0.25) is 5.15 Å². The highest BCUT2D eigenvalue weighted by Crippen LogP contribution is 2.49. The largest absolute Gasteiger partial charge is 0.349 e. The van der Waals surface area contributed by atoms with Gasteiger partial charge in [-0.3, -0.25) is 4.79 Å². The predicted molar refractivity (Wildman–Crippen MR) is 81.3 cm³/mol. The number of hydrogen-bond donors (Lipinski definition) is 1. The van der Waals surface area contributed by atoms with Crippen molar-refractivity contribution in [3.63, 3.8) is 0 Å². The van der Waals surface area contributed by atoms with Crippen molar-refractivity contribution >= 4 is 17.5 Å². The van der Waals surface area contributed by atoms with Crippen molar-refractivity contribution in [3.05, 3.63) is 29.0 Å². The molecule has 5 heteroatoms. The Labute approximate surface area is 129 Å². The average molecular weight is 306 g/mol. The fraction of sp³-hybridized carbons (Fsp3) is 0.625. The lowest BCUT2D eigenvalue weighted by atomic mass is 9.99. The number of pyridine rings is 1. The minimum Gasteiger partial charge on any atom is -0.349 e. The number of rotatable bonds is 5. The molecule has 3 aliphatic rings. The van der Waals surface area contributed by atoms with Crippen molar-refractivity contribution in [1.82, 2.24) is 15.2 Å². The van der Waals surface area contributed by atoms with Crippen molar-refractivity contribution in [1.29, 1.82) is 0 Å². The number of nitrogens with one attached hydrogen (secondary N) is 1. The molecule has 2 saturated carbocycles. The smallest absolute Gasteiger partial charge is 0.232 e. The van der Waals surface area contributed by atoms with Crippen LogP contribution in [0.1, 0.15) is 37.8 Å². The first-order valence-corrected chi connectivity index (χ1v) is 8.18. The van der Waals surface area contributed by atoms with E-state index >= 15 is 0 Å². The molecule has 1 saturated heterocycles. The van der Waals surface area contributed by atoms with Crippen LogP contribution in [-0.2, 0) is 10.2 Å². The third kappa shape index (κ3) is 2.44. The third-order valence-corrected chi connectivity index (χ3v) is 5.31. The van der Waals surface area contributed by atoms with Crippen LogP contribution in [0, 0.1) is 0 Å². The number of carbonyl (C=O) groups excluding carboxylic acids is 1. The third-order valence-electron chi connectivity index (χ3n) is 5.10. The van der Waals surface area contributed by atoms with Crippen molar-refractivity contribution in [2.45, 2.75) is 43.1 Å². The molecule has 3 fully saturated rings. The highest BCUT2D eigenvalue weighted by molar-refractivity contribution is 6.29. The van der Waals surface area contributed by atoms with E-state index in [2.05, 4.69) is 15.2 Å². The van der Waals surface area contributed by atoms with Crippen LogP contribution in [0.15, 0.2) is 18.2 Å². The zero-order valence-electron chi connectivity index (χ0n) is 12.1. The maximum atomic E-state index is 12.8. The maximum absolute atomic E-state index is 12.8. The van der Waals surface area contributed by atoms with E-state index in [1.54, 1.807) is 6.07 Å². The van der Waals surface area contributed by atoms with Crippen LogP contribution in [0.4, 0.5) is 0 Å². The Balaban J connectivity index is 1.47. The highest BCUT2D eigenvalue weighted by Gasteiger charge is 2.56. The highest BCUT2D eigenvalue weighted by atomic mass is 35.5. The van der Waals surface area contributed by atoms with E-state index in [0.717, 1.165) is 37.9 Å². The molecular formula is C16H20ClN3O. The molecule has 0 spiro atoms. The predicted octanol–water partition coefficient (Wildman–Crippen LogP) is 2.12. The van der Waals surface area contributed by atoms with Gasteiger partial charge in [-0.05, 0) is 57.3 Å². The summed E-state index contributed by atoms with van der Waals surface area (Å²) in [7, 11) is 0. The van der Waals surface area contributed by atoms with Gasteiger partial charge in [-0.15, -0.1) is 0 Å². The number of halogens is 1. The summed E-state index contributed by atoms with van der Waals surface area (Å²) < 4.78 is 0. The topological polar surface area (TPSA) is 45.2 Å². The molecule has 0 radical (unpaired) electrons. The minimum atomic E-state index is -0.421. The van der Waals surface area contributed by atoms with E-state index < -0.39 is 5.41 Å². The van der Waals surface area contributed by atoms with E-state index in [0.29, 0.717) is 5.15 Å². The van der Waals surface area contributed by atoms with Gasteiger partial charge in [-0.25, -0.2) is 4.98 Å². The van der Waals surface area contributed by atoms with Crippen molar-refractivity contribution in [2.24, 2.45) is 0 Å². The van der Waals surface area contributed by atoms with Gasteiger partial charge in [0.25, 0.3) is 0 Å². The Hall–Kier alpha value is -1.13. The van der Waals surface area contributed by atoms with Crippen LogP contribution >= 0.6 is 11.6 Å². The molecule has 4 rings (SSSR count). The van der Waals surface area contributed by atoms with Gasteiger partial charge in [0.2, 0.25) is 5.91 Å². The van der Waals surface area contributed by atoms with Gasteiger partial charge >= 0.3 is 0 Å². The number of hydrogen-bond acceptors (Lipinski definition) is 3. The zero-order valence-corrected chi connectivity index (χ0v) is 12.8. The lowest BCUT2D eigenvalue weighted by molar-refractivity contribution is -0.124. The van der Waals surface area contributed by atoms with Crippen LogP contribution in [0.5, 0.6) is 0 Å². The van der Waals surface area contributed by atoms with E-state index in [-0.39, 0.29) is 11.4 Å². The molecule has 0 atom stereocenters. The molecule has 1 N–H and O–H groups in total. The number of likely N-dealkylation sites (tertiary alicyclic amines) is 1. The summed E-state index contributed by atoms with van der Waals surface area (Å²) in [4.78, 5) is 19.6. The summed E-state index contributed by atoms with van der Waals surface area (Å²) in [5, 5.41) is 3.79. The summed E-state index contributed by atoms with van der Waals surface area (Å²) >= 11 is 5.97. The molecule has 2 aliphatic carbocycles. The molecule has 2 heterocycles. The molecular weight excluding hydrogens is 286 g/mol. The van der Waals surface area contributed by atoms with Crippen molar-refractivity contribution < 1.29 is 4.79 Å².